The molecule has 0 atom stereocenters. The summed E-state index contributed by atoms with van der Waals surface area (Å²) in [6.07, 6.45) is 0.767. The van der Waals surface area contributed by atoms with Gasteiger partial charge in [-0.2, -0.15) is 0 Å². The molecule has 0 aliphatic rings. The van der Waals surface area contributed by atoms with E-state index in [0.717, 1.165) is 6.42 Å². The molecule has 0 aliphatic heterocycles. The van der Waals surface area contributed by atoms with Crippen molar-refractivity contribution in [3.05, 3.63) is 29.8 Å². The second-order valence-corrected chi connectivity index (χ2v) is 5.89. The molecule has 21 heavy (non-hydrogen) atoms. The Balaban J connectivity index is 2.63. The zero-order valence-electron chi connectivity index (χ0n) is 13.2. The normalized spacial score (nSPS) is 11.0. The molecule has 0 aliphatic carbocycles. The summed E-state index contributed by atoms with van der Waals surface area (Å²) in [6, 6.07) is 6.92. The Kier molecular flexibility index (Phi) is 6.37. The van der Waals surface area contributed by atoms with Crippen molar-refractivity contribution in [2.75, 3.05) is 25.6 Å². The average molecular weight is 292 g/mol. The molecule has 0 radical (unpaired) electrons. The number of nitrogens with one attached hydrogen (secondary N) is 2. The quantitative estimate of drug-likeness (QED) is 0.791. The first-order valence-electron chi connectivity index (χ1n) is 7.03. The minimum Gasteiger partial charge on any atom is -0.385 e. The van der Waals surface area contributed by atoms with Gasteiger partial charge in [-0.25, -0.2) is 0 Å². The van der Waals surface area contributed by atoms with E-state index in [1.807, 2.05) is 20.8 Å². The van der Waals surface area contributed by atoms with Crippen LogP contribution in [0.1, 0.15) is 37.6 Å². The first-order chi connectivity index (χ1) is 9.84. The number of hydrogen-bond donors (Lipinski definition) is 2. The Bertz CT molecular complexity index is 493. The number of carbonyl (C=O) groups is 2. The van der Waals surface area contributed by atoms with Crippen LogP contribution in [-0.2, 0) is 9.53 Å². The number of benzene rings is 1. The van der Waals surface area contributed by atoms with Crippen LogP contribution in [0.4, 0.5) is 5.69 Å². The van der Waals surface area contributed by atoms with Crippen molar-refractivity contribution in [2.24, 2.45) is 5.41 Å². The summed E-state index contributed by atoms with van der Waals surface area (Å²) in [6.45, 7) is 6.70. The number of amides is 2. The minimum absolute atomic E-state index is 0.0832. The Morgan fingerprint density at radius 3 is 2.57 bits per heavy atom. The predicted molar refractivity (Wildman–Crippen MR) is 83.4 cm³/mol. The highest BCUT2D eigenvalue weighted by molar-refractivity contribution is 5.98. The molecular weight excluding hydrogens is 268 g/mol. The van der Waals surface area contributed by atoms with Gasteiger partial charge >= 0.3 is 0 Å². The van der Waals surface area contributed by atoms with Gasteiger partial charge in [-0.1, -0.05) is 26.8 Å². The Hall–Kier alpha value is -1.88. The lowest BCUT2D eigenvalue weighted by Crippen LogP contribution is -2.28. The van der Waals surface area contributed by atoms with Crippen molar-refractivity contribution in [1.82, 2.24) is 5.32 Å². The molecule has 5 nitrogen and oxygen atoms in total. The average Bonchev–Trinajstić information content (AvgIpc) is 2.42. The van der Waals surface area contributed by atoms with Crippen molar-refractivity contribution in [1.29, 1.82) is 0 Å². The third-order valence-corrected chi connectivity index (χ3v) is 2.87. The predicted octanol–water partition coefficient (Wildman–Crippen LogP) is 2.44. The summed E-state index contributed by atoms with van der Waals surface area (Å²) in [5.74, 6) is -0.238. The Labute approximate surface area is 126 Å². The minimum atomic E-state index is -0.474. The second kappa shape index (κ2) is 7.78. The SMILES string of the molecule is COCCCNC(=O)c1cccc(NC(=O)C(C)(C)C)c1. The molecule has 0 bridgehead atoms. The van der Waals surface area contributed by atoms with Gasteiger partial charge in [0.1, 0.15) is 0 Å². The van der Waals surface area contributed by atoms with Gasteiger partial charge in [-0.3, -0.25) is 9.59 Å². The second-order valence-electron chi connectivity index (χ2n) is 5.89. The molecule has 0 heterocycles. The lowest BCUT2D eigenvalue weighted by Gasteiger charge is -2.18. The van der Waals surface area contributed by atoms with Crippen molar-refractivity contribution in [3.63, 3.8) is 0 Å². The summed E-state index contributed by atoms with van der Waals surface area (Å²) in [5.41, 5.74) is 0.678. The Morgan fingerprint density at radius 2 is 1.95 bits per heavy atom. The fourth-order valence-corrected chi connectivity index (χ4v) is 1.58. The van der Waals surface area contributed by atoms with Crippen LogP contribution in [0.2, 0.25) is 0 Å². The van der Waals surface area contributed by atoms with Gasteiger partial charge in [0, 0.05) is 36.9 Å². The van der Waals surface area contributed by atoms with Gasteiger partial charge in [0.2, 0.25) is 5.91 Å². The highest BCUT2D eigenvalue weighted by Crippen LogP contribution is 2.18. The van der Waals surface area contributed by atoms with Crippen molar-refractivity contribution in [3.8, 4) is 0 Å². The zero-order chi connectivity index (χ0) is 15.9. The standard InChI is InChI=1S/C16H24N2O3/c1-16(2,3)15(20)18-13-8-5-7-12(11-13)14(19)17-9-6-10-21-4/h5,7-8,11H,6,9-10H2,1-4H3,(H,17,19)(H,18,20). The molecule has 2 amide bonds. The molecule has 1 aromatic carbocycles. The van der Waals surface area contributed by atoms with E-state index in [-0.39, 0.29) is 11.8 Å². The smallest absolute Gasteiger partial charge is 0.251 e. The van der Waals surface area contributed by atoms with Crippen LogP contribution in [-0.4, -0.2) is 32.1 Å². The monoisotopic (exact) mass is 292 g/mol. The third-order valence-electron chi connectivity index (χ3n) is 2.87. The molecule has 5 heteroatoms. The number of ether oxygens (including phenoxy) is 1. The molecule has 0 saturated carbocycles. The number of carbonyl (C=O) groups excluding carboxylic acids is 2. The number of hydrogen-bond acceptors (Lipinski definition) is 3. The molecule has 0 spiro atoms. The van der Waals surface area contributed by atoms with Gasteiger partial charge in [0.15, 0.2) is 0 Å². The van der Waals surface area contributed by atoms with Crippen molar-refractivity contribution >= 4 is 17.5 Å². The molecule has 0 saturated heterocycles. The first kappa shape index (κ1) is 17.2. The van der Waals surface area contributed by atoms with Gasteiger partial charge in [0.05, 0.1) is 0 Å². The van der Waals surface area contributed by atoms with E-state index in [1.54, 1.807) is 31.4 Å². The summed E-state index contributed by atoms with van der Waals surface area (Å²) in [4.78, 5) is 23.9. The number of rotatable bonds is 6. The summed E-state index contributed by atoms with van der Waals surface area (Å²) < 4.78 is 4.93. The molecular formula is C16H24N2O3. The summed E-state index contributed by atoms with van der Waals surface area (Å²) >= 11 is 0. The molecule has 2 N–H and O–H groups in total. The summed E-state index contributed by atoms with van der Waals surface area (Å²) in [7, 11) is 1.63. The van der Waals surface area contributed by atoms with E-state index < -0.39 is 5.41 Å². The third kappa shape index (κ3) is 5.95. The van der Waals surface area contributed by atoms with E-state index >= 15 is 0 Å². The maximum Gasteiger partial charge on any atom is 0.251 e. The van der Waals surface area contributed by atoms with Crippen LogP contribution in [0.5, 0.6) is 0 Å². The highest BCUT2D eigenvalue weighted by atomic mass is 16.5. The van der Waals surface area contributed by atoms with Crippen LogP contribution >= 0.6 is 0 Å². The molecule has 116 valence electrons. The van der Waals surface area contributed by atoms with E-state index in [4.69, 9.17) is 4.74 Å². The fraction of sp³-hybridized carbons (Fsp3) is 0.500. The van der Waals surface area contributed by atoms with Crippen LogP contribution in [0.15, 0.2) is 24.3 Å². The van der Waals surface area contributed by atoms with E-state index in [2.05, 4.69) is 10.6 Å². The van der Waals surface area contributed by atoms with Crippen LogP contribution in [0.3, 0.4) is 0 Å². The van der Waals surface area contributed by atoms with Gasteiger partial charge in [-0.15, -0.1) is 0 Å². The summed E-state index contributed by atoms with van der Waals surface area (Å²) in [5, 5.41) is 5.63. The van der Waals surface area contributed by atoms with E-state index in [0.29, 0.717) is 24.4 Å². The molecule has 0 fully saturated rings. The van der Waals surface area contributed by atoms with Crippen LogP contribution in [0.25, 0.3) is 0 Å². The van der Waals surface area contributed by atoms with Crippen molar-refractivity contribution < 1.29 is 14.3 Å². The van der Waals surface area contributed by atoms with Crippen molar-refractivity contribution in [2.45, 2.75) is 27.2 Å². The molecule has 0 unspecified atom stereocenters. The number of anilines is 1. The lowest BCUT2D eigenvalue weighted by atomic mass is 9.95. The van der Waals surface area contributed by atoms with E-state index in [9.17, 15) is 9.59 Å². The maximum absolute atomic E-state index is 12.0. The topological polar surface area (TPSA) is 67.4 Å². The maximum atomic E-state index is 12.0. The molecule has 0 aromatic heterocycles. The molecule has 1 aromatic rings. The van der Waals surface area contributed by atoms with Gasteiger partial charge in [-0.05, 0) is 24.6 Å². The van der Waals surface area contributed by atoms with Crippen LogP contribution in [0, 0.1) is 5.41 Å². The zero-order valence-corrected chi connectivity index (χ0v) is 13.2. The molecule has 1 rings (SSSR count). The van der Waals surface area contributed by atoms with Crippen LogP contribution < -0.4 is 10.6 Å². The van der Waals surface area contributed by atoms with Gasteiger partial charge < -0.3 is 15.4 Å². The lowest BCUT2D eigenvalue weighted by molar-refractivity contribution is -0.123. The Morgan fingerprint density at radius 1 is 1.24 bits per heavy atom. The van der Waals surface area contributed by atoms with E-state index in [1.165, 1.54) is 0 Å². The van der Waals surface area contributed by atoms with Gasteiger partial charge in [0.25, 0.3) is 5.91 Å². The fourth-order valence-electron chi connectivity index (χ4n) is 1.58. The highest BCUT2D eigenvalue weighted by Gasteiger charge is 2.21. The number of methoxy groups -OCH3 is 1. The largest absolute Gasteiger partial charge is 0.385 e. The first-order valence-corrected chi connectivity index (χ1v) is 7.03.